The third kappa shape index (κ3) is 8.04. The van der Waals surface area contributed by atoms with Gasteiger partial charge in [-0.05, 0) is 12.8 Å². The van der Waals surface area contributed by atoms with E-state index in [4.69, 9.17) is 6.42 Å². The lowest BCUT2D eigenvalue weighted by Gasteiger charge is -1.98. The van der Waals surface area contributed by atoms with E-state index in [0.717, 1.165) is 6.42 Å². The van der Waals surface area contributed by atoms with Crippen LogP contribution in [0.2, 0.25) is 0 Å². The van der Waals surface area contributed by atoms with Crippen molar-refractivity contribution in [2.75, 3.05) is 0 Å². The van der Waals surface area contributed by atoms with E-state index in [1.807, 2.05) is 0 Å². The zero-order chi connectivity index (χ0) is 7.11. The van der Waals surface area contributed by atoms with Gasteiger partial charge in [-0.15, -0.1) is 12.3 Å². The Bertz CT molecular complexity index is 89.2. The standard InChI is InChI=1S/C8H13Br/c1-3-4-5-6-7-8(2)9/h1,8H,4-7H2,2H3. The fraction of sp³-hybridized carbons (Fsp3) is 0.750. The third-order valence-electron chi connectivity index (χ3n) is 1.17. The minimum atomic E-state index is 0.648. The average molecular weight is 189 g/mol. The lowest BCUT2D eigenvalue weighted by molar-refractivity contribution is 0.694. The molecule has 0 spiro atoms. The topological polar surface area (TPSA) is 0 Å². The first-order valence-corrected chi connectivity index (χ1v) is 4.26. The summed E-state index contributed by atoms with van der Waals surface area (Å²) in [6.45, 7) is 2.16. The van der Waals surface area contributed by atoms with E-state index in [1.165, 1.54) is 19.3 Å². The van der Waals surface area contributed by atoms with Gasteiger partial charge in [-0.2, -0.15) is 0 Å². The highest BCUT2D eigenvalue weighted by molar-refractivity contribution is 9.09. The SMILES string of the molecule is C#CCCCCC(C)Br. The smallest absolute Gasteiger partial charge is 0.0117 e. The molecule has 0 nitrogen and oxygen atoms in total. The lowest BCUT2D eigenvalue weighted by atomic mass is 10.2. The van der Waals surface area contributed by atoms with E-state index in [2.05, 4.69) is 28.8 Å². The summed E-state index contributed by atoms with van der Waals surface area (Å²) in [4.78, 5) is 0.648. The van der Waals surface area contributed by atoms with Gasteiger partial charge in [0.15, 0.2) is 0 Å². The van der Waals surface area contributed by atoms with Crippen molar-refractivity contribution in [3.05, 3.63) is 0 Å². The zero-order valence-corrected chi connectivity index (χ0v) is 7.45. The number of alkyl halides is 1. The first kappa shape index (κ1) is 9.04. The van der Waals surface area contributed by atoms with Crippen LogP contribution in [-0.2, 0) is 0 Å². The second-order valence-corrected chi connectivity index (χ2v) is 3.79. The van der Waals surface area contributed by atoms with Gasteiger partial charge < -0.3 is 0 Å². The van der Waals surface area contributed by atoms with Gasteiger partial charge in [0, 0.05) is 11.2 Å². The molecule has 1 heteroatoms. The second kappa shape index (κ2) is 6.16. The number of hydrogen-bond donors (Lipinski definition) is 0. The molecule has 0 aromatic heterocycles. The van der Waals surface area contributed by atoms with Gasteiger partial charge >= 0.3 is 0 Å². The molecule has 0 saturated carbocycles. The summed E-state index contributed by atoms with van der Waals surface area (Å²) in [5.41, 5.74) is 0. The molecule has 0 aromatic rings. The molecule has 0 heterocycles. The Kier molecular flexibility index (Phi) is 6.19. The first-order valence-electron chi connectivity index (χ1n) is 3.35. The number of rotatable bonds is 4. The molecule has 9 heavy (non-hydrogen) atoms. The molecular weight excluding hydrogens is 176 g/mol. The molecule has 0 radical (unpaired) electrons. The van der Waals surface area contributed by atoms with Crippen LogP contribution in [0.5, 0.6) is 0 Å². The molecule has 0 aromatic carbocycles. The predicted molar refractivity (Wildman–Crippen MR) is 45.7 cm³/mol. The van der Waals surface area contributed by atoms with E-state index >= 15 is 0 Å². The fourth-order valence-corrected chi connectivity index (χ4v) is 0.976. The Balaban J connectivity index is 2.85. The van der Waals surface area contributed by atoms with Crippen LogP contribution in [0.25, 0.3) is 0 Å². The summed E-state index contributed by atoms with van der Waals surface area (Å²) < 4.78 is 0. The first-order chi connectivity index (χ1) is 4.27. The summed E-state index contributed by atoms with van der Waals surface area (Å²) in [6, 6.07) is 0. The minimum Gasteiger partial charge on any atom is -0.120 e. The average Bonchev–Trinajstić information content (AvgIpc) is 1.80. The van der Waals surface area contributed by atoms with Gasteiger partial charge in [0.25, 0.3) is 0 Å². The predicted octanol–water partition coefficient (Wildman–Crippen LogP) is 2.96. The number of terminal acetylenes is 1. The quantitative estimate of drug-likeness (QED) is 0.362. The van der Waals surface area contributed by atoms with Gasteiger partial charge in [0.05, 0.1) is 0 Å². The zero-order valence-electron chi connectivity index (χ0n) is 5.86. The Morgan fingerprint density at radius 3 is 2.67 bits per heavy atom. The maximum absolute atomic E-state index is 5.08. The molecule has 0 fully saturated rings. The molecule has 1 unspecified atom stereocenters. The highest BCUT2D eigenvalue weighted by Gasteiger charge is 1.93. The van der Waals surface area contributed by atoms with Gasteiger partial charge in [-0.3, -0.25) is 0 Å². The van der Waals surface area contributed by atoms with Crippen LogP contribution in [0.4, 0.5) is 0 Å². The molecule has 0 saturated heterocycles. The van der Waals surface area contributed by atoms with Crippen molar-refractivity contribution in [1.82, 2.24) is 0 Å². The van der Waals surface area contributed by atoms with E-state index in [1.54, 1.807) is 0 Å². The molecule has 1 atom stereocenters. The molecule has 0 rings (SSSR count). The van der Waals surface area contributed by atoms with Crippen molar-refractivity contribution < 1.29 is 0 Å². The highest BCUT2D eigenvalue weighted by atomic mass is 79.9. The van der Waals surface area contributed by atoms with Gasteiger partial charge in [-0.1, -0.05) is 29.3 Å². The van der Waals surface area contributed by atoms with Crippen molar-refractivity contribution in [3.8, 4) is 12.3 Å². The lowest BCUT2D eigenvalue weighted by Crippen LogP contribution is -1.88. The maximum Gasteiger partial charge on any atom is 0.0117 e. The fourth-order valence-electron chi connectivity index (χ4n) is 0.653. The number of halogens is 1. The third-order valence-corrected chi connectivity index (χ3v) is 1.63. The van der Waals surface area contributed by atoms with Crippen molar-refractivity contribution in [3.63, 3.8) is 0 Å². The van der Waals surface area contributed by atoms with E-state index in [0.29, 0.717) is 4.83 Å². The van der Waals surface area contributed by atoms with Crippen LogP contribution >= 0.6 is 15.9 Å². The van der Waals surface area contributed by atoms with Crippen LogP contribution in [0, 0.1) is 12.3 Å². The molecule has 52 valence electrons. The Hall–Kier alpha value is 0.0400. The van der Waals surface area contributed by atoms with Crippen LogP contribution in [0.3, 0.4) is 0 Å². The molecular formula is C8H13Br. The summed E-state index contributed by atoms with van der Waals surface area (Å²) in [5.74, 6) is 2.63. The van der Waals surface area contributed by atoms with Crippen molar-refractivity contribution in [2.45, 2.75) is 37.4 Å². The summed E-state index contributed by atoms with van der Waals surface area (Å²) in [5, 5.41) is 0. The Labute approximate surface area is 66.2 Å². The molecule has 0 aliphatic rings. The molecule has 0 bridgehead atoms. The van der Waals surface area contributed by atoms with Crippen molar-refractivity contribution in [1.29, 1.82) is 0 Å². The number of unbranched alkanes of at least 4 members (excludes halogenated alkanes) is 2. The van der Waals surface area contributed by atoms with Crippen LogP contribution in [0.15, 0.2) is 0 Å². The second-order valence-electron chi connectivity index (χ2n) is 2.23. The van der Waals surface area contributed by atoms with Crippen LogP contribution in [0.1, 0.15) is 32.6 Å². The Morgan fingerprint density at radius 2 is 2.22 bits per heavy atom. The van der Waals surface area contributed by atoms with E-state index in [-0.39, 0.29) is 0 Å². The van der Waals surface area contributed by atoms with Crippen LogP contribution < -0.4 is 0 Å². The normalized spacial score (nSPS) is 12.6. The van der Waals surface area contributed by atoms with Gasteiger partial charge in [0.2, 0.25) is 0 Å². The molecule has 0 N–H and O–H groups in total. The summed E-state index contributed by atoms with van der Waals surface area (Å²) in [7, 11) is 0. The Morgan fingerprint density at radius 1 is 1.56 bits per heavy atom. The van der Waals surface area contributed by atoms with E-state index < -0.39 is 0 Å². The number of hydrogen-bond acceptors (Lipinski definition) is 0. The largest absolute Gasteiger partial charge is 0.120 e. The van der Waals surface area contributed by atoms with E-state index in [9.17, 15) is 0 Å². The summed E-state index contributed by atoms with van der Waals surface area (Å²) >= 11 is 3.47. The van der Waals surface area contributed by atoms with Crippen molar-refractivity contribution >= 4 is 15.9 Å². The van der Waals surface area contributed by atoms with Crippen molar-refractivity contribution in [2.24, 2.45) is 0 Å². The monoisotopic (exact) mass is 188 g/mol. The molecule has 0 aliphatic carbocycles. The molecule has 0 aliphatic heterocycles. The molecule has 0 amide bonds. The van der Waals surface area contributed by atoms with Gasteiger partial charge in [-0.25, -0.2) is 0 Å². The maximum atomic E-state index is 5.08. The minimum absolute atomic E-state index is 0.648. The van der Waals surface area contributed by atoms with Gasteiger partial charge in [0.1, 0.15) is 0 Å². The highest BCUT2D eigenvalue weighted by Crippen LogP contribution is 2.08. The summed E-state index contributed by atoms with van der Waals surface area (Å²) in [6.07, 6.45) is 9.67. The van der Waals surface area contributed by atoms with Crippen LogP contribution in [-0.4, -0.2) is 4.83 Å².